The van der Waals surface area contributed by atoms with Gasteiger partial charge in [0.05, 0.1) is 0 Å². The third-order valence-electron chi connectivity index (χ3n) is 6.57. The van der Waals surface area contributed by atoms with Crippen molar-refractivity contribution in [3.63, 3.8) is 0 Å². The summed E-state index contributed by atoms with van der Waals surface area (Å²) in [5.74, 6) is 0. The maximum absolute atomic E-state index is 2.39. The summed E-state index contributed by atoms with van der Waals surface area (Å²) in [4.78, 5) is 0. The predicted octanol–water partition coefficient (Wildman–Crippen LogP) is 8.46. The molecule has 0 saturated heterocycles. The molecule has 138 valence electrons. The van der Waals surface area contributed by atoms with E-state index in [1.165, 1.54) is 65.7 Å². The summed E-state index contributed by atoms with van der Waals surface area (Å²) < 4.78 is 0. The fourth-order valence-electron chi connectivity index (χ4n) is 5.24. The van der Waals surface area contributed by atoms with Gasteiger partial charge in [0.15, 0.2) is 0 Å². The van der Waals surface area contributed by atoms with Gasteiger partial charge in [0, 0.05) is 0 Å². The molecule has 0 aliphatic heterocycles. The highest BCUT2D eigenvalue weighted by Gasteiger charge is 2.23. The zero-order valence-electron chi connectivity index (χ0n) is 16.4. The van der Waals surface area contributed by atoms with E-state index in [1.807, 2.05) is 0 Å². The van der Waals surface area contributed by atoms with Crippen LogP contribution in [-0.4, -0.2) is 0 Å². The Labute approximate surface area is 175 Å². The van der Waals surface area contributed by atoms with Crippen LogP contribution in [0, 0.1) is 0 Å². The molecule has 0 heterocycles. The van der Waals surface area contributed by atoms with Gasteiger partial charge in [-0.2, -0.15) is 0 Å². The Morgan fingerprint density at radius 2 is 1.13 bits per heavy atom. The Bertz CT molecular complexity index is 1620. The molecular weight excluding hydrogens is 360 g/mol. The van der Waals surface area contributed by atoms with Gasteiger partial charge in [-0.25, -0.2) is 0 Å². The summed E-state index contributed by atoms with van der Waals surface area (Å²) in [6, 6.07) is 40.0. The highest BCUT2D eigenvalue weighted by Crippen LogP contribution is 2.50. The van der Waals surface area contributed by atoms with E-state index in [-0.39, 0.29) is 0 Å². The molecule has 0 radical (unpaired) electrons. The number of fused-ring (bicyclic) bond motifs is 7. The van der Waals surface area contributed by atoms with Gasteiger partial charge < -0.3 is 0 Å². The van der Waals surface area contributed by atoms with Crippen molar-refractivity contribution in [2.45, 2.75) is 0 Å². The second kappa shape index (κ2) is 5.81. The van der Waals surface area contributed by atoms with Crippen LogP contribution in [0.3, 0.4) is 0 Å². The molecule has 30 heavy (non-hydrogen) atoms. The minimum atomic E-state index is 1.26. The second-order valence-corrected chi connectivity index (χ2v) is 8.16. The number of benzene rings is 6. The normalized spacial score (nSPS) is 12.0. The van der Waals surface area contributed by atoms with E-state index >= 15 is 0 Å². The largest absolute Gasteiger partial charge is 0.0622 e. The Morgan fingerprint density at radius 1 is 0.333 bits per heavy atom. The van der Waals surface area contributed by atoms with Crippen molar-refractivity contribution in [3.8, 4) is 33.4 Å². The molecule has 1 aliphatic carbocycles. The fourth-order valence-corrected chi connectivity index (χ4v) is 5.24. The van der Waals surface area contributed by atoms with Crippen LogP contribution in [0.4, 0.5) is 0 Å². The molecule has 0 N–H and O–H groups in total. The molecule has 1 aliphatic rings. The highest BCUT2D eigenvalue weighted by molar-refractivity contribution is 6.28. The molecule has 6 aromatic rings. The summed E-state index contributed by atoms with van der Waals surface area (Å²) in [7, 11) is 0. The summed E-state index contributed by atoms with van der Waals surface area (Å²) >= 11 is 0. The van der Waals surface area contributed by atoms with Gasteiger partial charge in [0.2, 0.25) is 0 Å². The van der Waals surface area contributed by atoms with Crippen LogP contribution < -0.4 is 0 Å². The van der Waals surface area contributed by atoms with Gasteiger partial charge in [-0.05, 0) is 77.8 Å². The third-order valence-corrected chi connectivity index (χ3v) is 6.57. The van der Waals surface area contributed by atoms with Crippen LogP contribution in [-0.2, 0) is 0 Å². The van der Waals surface area contributed by atoms with Gasteiger partial charge >= 0.3 is 0 Å². The van der Waals surface area contributed by atoms with Crippen LogP contribution in [0.25, 0.3) is 65.7 Å². The van der Waals surface area contributed by atoms with Crippen molar-refractivity contribution >= 4 is 32.3 Å². The van der Waals surface area contributed by atoms with Crippen LogP contribution in [0.1, 0.15) is 0 Å². The molecule has 0 aromatic heterocycles. The third kappa shape index (κ3) is 2.06. The lowest BCUT2D eigenvalue weighted by Gasteiger charge is -2.10. The van der Waals surface area contributed by atoms with Crippen molar-refractivity contribution in [2.75, 3.05) is 0 Å². The first-order valence-corrected chi connectivity index (χ1v) is 10.5. The van der Waals surface area contributed by atoms with Gasteiger partial charge in [-0.3, -0.25) is 0 Å². The van der Waals surface area contributed by atoms with Gasteiger partial charge in [0.25, 0.3) is 0 Å². The molecule has 0 fully saturated rings. The molecule has 7 rings (SSSR count). The molecule has 0 unspecified atom stereocenters. The van der Waals surface area contributed by atoms with E-state index in [0.29, 0.717) is 0 Å². The Balaban J connectivity index is 1.60. The molecular formula is C30H18. The lowest BCUT2D eigenvalue weighted by molar-refractivity contribution is 1.62. The summed E-state index contributed by atoms with van der Waals surface area (Å²) in [5.41, 5.74) is 7.93. The lowest BCUT2D eigenvalue weighted by atomic mass is 9.93. The van der Waals surface area contributed by atoms with Crippen molar-refractivity contribution in [2.24, 2.45) is 0 Å². The van der Waals surface area contributed by atoms with E-state index in [4.69, 9.17) is 0 Å². The van der Waals surface area contributed by atoms with Gasteiger partial charge in [-0.15, -0.1) is 0 Å². The number of hydrogen-bond donors (Lipinski definition) is 0. The van der Waals surface area contributed by atoms with E-state index in [2.05, 4.69) is 109 Å². The molecule has 0 atom stereocenters. The monoisotopic (exact) mass is 378 g/mol. The van der Waals surface area contributed by atoms with Crippen LogP contribution in [0.5, 0.6) is 0 Å². The number of rotatable bonds is 1. The van der Waals surface area contributed by atoms with E-state index in [9.17, 15) is 0 Å². The first kappa shape index (κ1) is 16.0. The highest BCUT2D eigenvalue weighted by atomic mass is 14.3. The SMILES string of the molecule is c1ccc(-c2ccc3c(c2)-c2cccc4c2c-3cc2ccc3ccccc3c24)cc1. The second-order valence-electron chi connectivity index (χ2n) is 8.16. The topological polar surface area (TPSA) is 0 Å². The molecule has 0 amide bonds. The molecule has 0 spiro atoms. The zero-order valence-corrected chi connectivity index (χ0v) is 16.4. The Morgan fingerprint density at radius 3 is 2.07 bits per heavy atom. The van der Waals surface area contributed by atoms with E-state index < -0.39 is 0 Å². The minimum absolute atomic E-state index is 1.26. The van der Waals surface area contributed by atoms with Crippen molar-refractivity contribution in [1.29, 1.82) is 0 Å². The maximum Gasteiger partial charge on any atom is -0.00197 e. The first-order valence-electron chi connectivity index (χ1n) is 10.5. The summed E-state index contributed by atoms with van der Waals surface area (Å²) in [6.07, 6.45) is 0. The van der Waals surface area contributed by atoms with Gasteiger partial charge in [0.1, 0.15) is 0 Å². The molecule has 0 saturated carbocycles. The summed E-state index contributed by atoms with van der Waals surface area (Å²) in [5, 5.41) is 8.06. The van der Waals surface area contributed by atoms with Crippen LogP contribution in [0.15, 0.2) is 109 Å². The van der Waals surface area contributed by atoms with E-state index in [0.717, 1.165) is 0 Å². The number of hydrogen-bond acceptors (Lipinski definition) is 0. The fraction of sp³-hybridized carbons (Fsp3) is 0. The molecule has 0 nitrogen and oxygen atoms in total. The maximum atomic E-state index is 2.39. The standard InChI is InChI=1S/C30H18/c1-2-7-19(8-3-1)21-15-16-24-27(17-21)25-11-6-12-26-29-22(18-28(24)30(25)26)14-13-20-9-4-5-10-23(20)29/h1-18H. The molecule has 0 heteroatoms. The quantitative estimate of drug-likeness (QED) is 0.251. The Kier molecular flexibility index (Phi) is 3.09. The van der Waals surface area contributed by atoms with E-state index in [1.54, 1.807) is 0 Å². The van der Waals surface area contributed by atoms with Gasteiger partial charge in [-0.1, -0.05) is 97.1 Å². The first-order chi connectivity index (χ1) is 14.9. The summed E-state index contributed by atoms with van der Waals surface area (Å²) in [6.45, 7) is 0. The lowest BCUT2D eigenvalue weighted by Crippen LogP contribution is -1.83. The predicted molar refractivity (Wildman–Crippen MR) is 129 cm³/mol. The van der Waals surface area contributed by atoms with Crippen LogP contribution in [0.2, 0.25) is 0 Å². The minimum Gasteiger partial charge on any atom is -0.0622 e. The van der Waals surface area contributed by atoms with Crippen molar-refractivity contribution in [1.82, 2.24) is 0 Å². The van der Waals surface area contributed by atoms with Crippen molar-refractivity contribution < 1.29 is 0 Å². The molecule has 6 aromatic carbocycles. The molecule has 0 bridgehead atoms. The average molecular weight is 378 g/mol. The van der Waals surface area contributed by atoms with Crippen LogP contribution >= 0.6 is 0 Å². The average Bonchev–Trinajstić information content (AvgIpc) is 3.14. The zero-order chi connectivity index (χ0) is 19.7. The van der Waals surface area contributed by atoms with Crippen molar-refractivity contribution in [3.05, 3.63) is 109 Å². The Hall–Kier alpha value is -3.90. The smallest absolute Gasteiger partial charge is 0.00197 e.